The molecule has 7 heteroatoms. The molecule has 4 heterocycles. The fourth-order valence-electron chi connectivity index (χ4n) is 3.56. The first-order chi connectivity index (χ1) is 13.2. The standard InChI is InChI=1S/C20H24N6O/c1-3-16-12-19(24-20(23-16)17-8-4-5-9-21-17)26-10-6-7-15(13-26)11-18-22-14(2)27-25-18/h4-5,8-9,12,15H,3,6-7,10-11,13H2,1-2H3. The normalized spacial score (nSPS) is 17.3. The number of aryl methyl sites for hydroxylation is 2. The molecule has 3 aromatic rings. The summed E-state index contributed by atoms with van der Waals surface area (Å²) in [4.78, 5) is 20.6. The van der Waals surface area contributed by atoms with Crippen LogP contribution in [0.3, 0.4) is 0 Å². The van der Waals surface area contributed by atoms with Gasteiger partial charge in [0.2, 0.25) is 5.89 Å². The topological polar surface area (TPSA) is 80.8 Å². The van der Waals surface area contributed by atoms with Gasteiger partial charge in [-0.15, -0.1) is 0 Å². The molecule has 1 fully saturated rings. The Balaban J connectivity index is 1.56. The first kappa shape index (κ1) is 17.6. The molecule has 0 saturated carbocycles. The minimum absolute atomic E-state index is 0.495. The van der Waals surface area contributed by atoms with Gasteiger partial charge in [0.25, 0.3) is 0 Å². The molecule has 140 valence electrons. The van der Waals surface area contributed by atoms with Gasteiger partial charge < -0.3 is 9.42 Å². The van der Waals surface area contributed by atoms with Crippen LogP contribution in [0.4, 0.5) is 5.82 Å². The van der Waals surface area contributed by atoms with Crippen molar-refractivity contribution < 1.29 is 4.52 Å². The molecule has 0 N–H and O–H groups in total. The number of hydrogen-bond donors (Lipinski definition) is 0. The number of nitrogens with zero attached hydrogens (tertiary/aromatic N) is 6. The summed E-state index contributed by atoms with van der Waals surface area (Å²) in [5.41, 5.74) is 1.85. The van der Waals surface area contributed by atoms with Crippen molar-refractivity contribution in [2.45, 2.75) is 39.5 Å². The van der Waals surface area contributed by atoms with E-state index in [9.17, 15) is 0 Å². The monoisotopic (exact) mass is 364 g/mol. The average molecular weight is 364 g/mol. The van der Waals surface area contributed by atoms with Gasteiger partial charge >= 0.3 is 0 Å². The number of anilines is 1. The van der Waals surface area contributed by atoms with Crippen molar-refractivity contribution in [2.24, 2.45) is 5.92 Å². The van der Waals surface area contributed by atoms with Gasteiger partial charge in [0.1, 0.15) is 11.5 Å². The molecule has 0 spiro atoms. The third-order valence-electron chi connectivity index (χ3n) is 4.91. The highest BCUT2D eigenvalue weighted by atomic mass is 16.5. The summed E-state index contributed by atoms with van der Waals surface area (Å²) in [6.45, 7) is 5.89. The number of rotatable bonds is 5. The highest BCUT2D eigenvalue weighted by Crippen LogP contribution is 2.26. The second-order valence-electron chi connectivity index (χ2n) is 7.00. The van der Waals surface area contributed by atoms with Crippen molar-refractivity contribution in [3.63, 3.8) is 0 Å². The van der Waals surface area contributed by atoms with Crippen LogP contribution in [0.2, 0.25) is 0 Å². The van der Waals surface area contributed by atoms with Crippen LogP contribution in [0.15, 0.2) is 35.0 Å². The summed E-state index contributed by atoms with van der Waals surface area (Å²) >= 11 is 0. The second kappa shape index (κ2) is 7.82. The van der Waals surface area contributed by atoms with E-state index in [-0.39, 0.29) is 0 Å². The van der Waals surface area contributed by atoms with Crippen molar-refractivity contribution >= 4 is 5.82 Å². The Morgan fingerprint density at radius 1 is 1.22 bits per heavy atom. The van der Waals surface area contributed by atoms with Crippen molar-refractivity contribution in [1.29, 1.82) is 0 Å². The van der Waals surface area contributed by atoms with Gasteiger partial charge in [-0.3, -0.25) is 4.98 Å². The highest BCUT2D eigenvalue weighted by Gasteiger charge is 2.24. The Morgan fingerprint density at radius 2 is 2.15 bits per heavy atom. The van der Waals surface area contributed by atoms with Crippen LogP contribution in [0.25, 0.3) is 11.5 Å². The van der Waals surface area contributed by atoms with E-state index in [4.69, 9.17) is 9.51 Å². The quantitative estimate of drug-likeness (QED) is 0.687. The van der Waals surface area contributed by atoms with E-state index in [0.29, 0.717) is 17.6 Å². The molecule has 1 saturated heterocycles. The molecule has 0 aromatic carbocycles. The summed E-state index contributed by atoms with van der Waals surface area (Å²) in [5.74, 6) is 3.60. The predicted octanol–water partition coefficient (Wildman–Crippen LogP) is 3.25. The van der Waals surface area contributed by atoms with E-state index >= 15 is 0 Å². The van der Waals surface area contributed by atoms with Gasteiger partial charge in [0.15, 0.2) is 11.6 Å². The maximum atomic E-state index is 5.11. The van der Waals surface area contributed by atoms with Gasteiger partial charge in [0.05, 0.1) is 0 Å². The molecule has 4 rings (SSSR count). The molecule has 3 aromatic heterocycles. The van der Waals surface area contributed by atoms with Crippen LogP contribution in [0.1, 0.15) is 37.2 Å². The molecule has 1 aliphatic rings. The molecule has 0 radical (unpaired) electrons. The minimum atomic E-state index is 0.495. The maximum absolute atomic E-state index is 5.11. The zero-order valence-corrected chi connectivity index (χ0v) is 15.8. The molecule has 1 atom stereocenters. The zero-order chi connectivity index (χ0) is 18.6. The van der Waals surface area contributed by atoms with E-state index in [0.717, 1.165) is 55.4 Å². The number of aromatic nitrogens is 5. The van der Waals surface area contributed by atoms with E-state index in [1.54, 1.807) is 6.20 Å². The van der Waals surface area contributed by atoms with Gasteiger partial charge in [-0.2, -0.15) is 4.98 Å². The van der Waals surface area contributed by atoms with E-state index < -0.39 is 0 Å². The number of hydrogen-bond acceptors (Lipinski definition) is 7. The minimum Gasteiger partial charge on any atom is -0.356 e. The van der Waals surface area contributed by atoms with Crippen LogP contribution < -0.4 is 4.90 Å². The van der Waals surface area contributed by atoms with Crippen LogP contribution >= 0.6 is 0 Å². The lowest BCUT2D eigenvalue weighted by Crippen LogP contribution is -2.37. The van der Waals surface area contributed by atoms with Gasteiger partial charge in [-0.25, -0.2) is 9.97 Å². The van der Waals surface area contributed by atoms with Crippen molar-refractivity contribution in [3.05, 3.63) is 47.9 Å². The van der Waals surface area contributed by atoms with E-state index in [1.807, 2.05) is 25.1 Å². The molecule has 27 heavy (non-hydrogen) atoms. The van der Waals surface area contributed by atoms with Crippen LogP contribution in [0, 0.1) is 12.8 Å². The van der Waals surface area contributed by atoms with Crippen molar-refractivity contribution in [1.82, 2.24) is 25.1 Å². The van der Waals surface area contributed by atoms with E-state index in [1.165, 1.54) is 6.42 Å². The molecule has 1 aliphatic heterocycles. The molecular formula is C20H24N6O. The molecule has 0 aliphatic carbocycles. The predicted molar refractivity (Wildman–Crippen MR) is 102 cm³/mol. The molecular weight excluding hydrogens is 340 g/mol. The largest absolute Gasteiger partial charge is 0.356 e. The number of piperidine rings is 1. The fourth-order valence-corrected chi connectivity index (χ4v) is 3.56. The SMILES string of the molecule is CCc1cc(N2CCCC(Cc3noc(C)n3)C2)nc(-c2ccccn2)n1. The van der Waals surface area contributed by atoms with Crippen LogP contribution in [-0.2, 0) is 12.8 Å². The molecule has 7 nitrogen and oxygen atoms in total. The summed E-state index contributed by atoms with van der Waals surface area (Å²) in [6, 6.07) is 7.93. The Labute approximate surface area is 158 Å². The lowest BCUT2D eigenvalue weighted by molar-refractivity contribution is 0.369. The number of pyridine rings is 1. The summed E-state index contributed by atoms with van der Waals surface area (Å²) in [7, 11) is 0. The van der Waals surface area contributed by atoms with Gasteiger partial charge in [-0.1, -0.05) is 18.1 Å². The Kier molecular flexibility index (Phi) is 5.09. The third kappa shape index (κ3) is 4.13. The summed E-state index contributed by atoms with van der Waals surface area (Å²) < 4.78 is 5.11. The van der Waals surface area contributed by atoms with Crippen molar-refractivity contribution in [2.75, 3.05) is 18.0 Å². The second-order valence-corrected chi connectivity index (χ2v) is 7.00. The summed E-state index contributed by atoms with van der Waals surface area (Å²) in [6.07, 6.45) is 5.79. The average Bonchev–Trinajstić information content (AvgIpc) is 3.13. The van der Waals surface area contributed by atoms with Crippen molar-refractivity contribution in [3.8, 4) is 11.5 Å². The van der Waals surface area contributed by atoms with Crippen LogP contribution in [-0.4, -0.2) is 38.2 Å². The highest BCUT2D eigenvalue weighted by molar-refractivity contribution is 5.54. The first-order valence-corrected chi connectivity index (χ1v) is 9.54. The Morgan fingerprint density at radius 3 is 2.89 bits per heavy atom. The maximum Gasteiger partial charge on any atom is 0.223 e. The molecule has 1 unspecified atom stereocenters. The zero-order valence-electron chi connectivity index (χ0n) is 15.8. The molecule has 0 bridgehead atoms. The van der Waals surface area contributed by atoms with E-state index in [2.05, 4.69) is 38.0 Å². The summed E-state index contributed by atoms with van der Waals surface area (Å²) in [5, 5.41) is 4.05. The Hall–Kier alpha value is -2.83. The van der Waals surface area contributed by atoms with Gasteiger partial charge in [-0.05, 0) is 37.3 Å². The smallest absolute Gasteiger partial charge is 0.223 e. The lowest BCUT2D eigenvalue weighted by atomic mass is 9.94. The van der Waals surface area contributed by atoms with Crippen LogP contribution in [0.5, 0.6) is 0 Å². The first-order valence-electron chi connectivity index (χ1n) is 9.54. The third-order valence-corrected chi connectivity index (χ3v) is 4.91. The Bertz CT molecular complexity index is 894. The van der Waals surface area contributed by atoms with Gasteiger partial charge in [0, 0.05) is 44.4 Å². The molecule has 0 amide bonds. The lowest BCUT2D eigenvalue weighted by Gasteiger charge is -2.33. The fraction of sp³-hybridized carbons (Fsp3) is 0.450.